The van der Waals surface area contributed by atoms with Gasteiger partial charge in [-0.25, -0.2) is 19.2 Å². The van der Waals surface area contributed by atoms with E-state index in [4.69, 9.17) is 28.4 Å². The van der Waals surface area contributed by atoms with Crippen molar-refractivity contribution in [1.29, 1.82) is 5.26 Å². The molecule has 0 aromatic heterocycles. The van der Waals surface area contributed by atoms with Gasteiger partial charge in [-0.3, -0.25) is 0 Å². The monoisotopic (exact) mass is 947 g/mol. The van der Waals surface area contributed by atoms with Gasteiger partial charge in [0.2, 0.25) is 0 Å². The molecule has 0 aliphatic carbocycles. The largest absolute Gasteiger partial charge is 0.494 e. The Kier molecular flexibility index (Phi) is 23.6. The number of benzene rings is 5. The van der Waals surface area contributed by atoms with Gasteiger partial charge < -0.3 is 28.4 Å². The standard InChI is InChI=1S/C59H65NO10/c1-3-56(61)67-41-19-15-11-7-5-9-13-17-39-65-52-34-30-48(31-35-52)46-22-26-50(27-23-46)58(63)69-54-38-21-45(44-60)43-55(54)70-59(64)51-28-24-47(25-29-51)49-32-36-53(37-33-49)66-40-18-14-10-6-8-12-16-20-42-68-57(62)4-2/h3-4,21-38,43H,1-2,5-20,39-42H2. The minimum Gasteiger partial charge on any atom is -0.494 e. The van der Waals surface area contributed by atoms with Crippen molar-refractivity contribution in [1.82, 2.24) is 0 Å². The third-order valence-electron chi connectivity index (χ3n) is 11.5. The van der Waals surface area contributed by atoms with E-state index in [9.17, 15) is 24.4 Å². The molecule has 0 radical (unpaired) electrons. The summed E-state index contributed by atoms with van der Waals surface area (Å²) >= 11 is 0. The zero-order chi connectivity index (χ0) is 49.6. The van der Waals surface area contributed by atoms with E-state index in [1.165, 1.54) is 56.0 Å². The lowest BCUT2D eigenvalue weighted by Crippen LogP contribution is -2.13. The zero-order valence-corrected chi connectivity index (χ0v) is 40.2. The van der Waals surface area contributed by atoms with Gasteiger partial charge in [0.25, 0.3) is 0 Å². The van der Waals surface area contributed by atoms with Crippen LogP contribution in [0, 0.1) is 11.3 Å². The molecule has 0 fully saturated rings. The first kappa shape index (κ1) is 53.5. The molecule has 0 amide bonds. The molecule has 0 atom stereocenters. The fourth-order valence-corrected chi connectivity index (χ4v) is 7.52. The first-order valence-corrected chi connectivity index (χ1v) is 24.5. The fraction of sp³-hybridized carbons (Fsp3) is 0.339. The molecule has 5 rings (SSSR count). The normalized spacial score (nSPS) is 10.6. The summed E-state index contributed by atoms with van der Waals surface area (Å²) < 4.78 is 33.4. The summed E-state index contributed by atoms with van der Waals surface area (Å²) in [4.78, 5) is 48.8. The Hall–Kier alpha value is -7.45. The highest BCUT2D eigenvalue weighted by Crippen LogP contribution is 2.31. The minimum absolute atomic E-state index is 0.00216. The number of hydrogen-bond donors (Lipinski definition) is 0. The third-order valence-corrected chi connectivity index (χ3v) is 11.5. The van der Waals surface area contributed by atoms with Crippen molar-refractivity contribution in [2.45, 2.75) is 103 Å². The molecule has 0 spiro atoms. The van der Waals surface area contributed by atoms with Gasteiger partial charge in [-0.05, 0) is 109 Å². The molecular formula is C59H65NO10. The van der Waals surface area contributed by atoms with Gasteiger partial charge in [0.05, 0.1) is 49.2 Å². The van der Waals surface area contributed by atoms with Gasteiger partial charge in [0.1, 0.15) is 11.5 Å². The Bertz CT molecular complexity index is 2450. The van der Waals surface area contributed by atoms with Gasteiger partial charge in [0, 0.05) is 18.2 Å². The Labute approximate surface area is 413 Å². The molecule has 0 heterocycles. The van der Waals surface area contributed by atoms with Crippen LogP contribution in [0.4, 0.5) is 0 Å². The molecule has 0 aliphatic rings. The number of carbonyl (C=O) groups is 4. The van der Waals surface area contributed by atoms with Crippen LogP contribution in [0.15, 0.2) is 141 Å². The van der Waals surface area contributed by atoms with Crippen molar-refractivity contribution in [3.05, 3.63) is 157 Å². The molecule has 5 aromatic carbocycles. The molecule has 0 aliphatic heterocycles. The molecular weight excluding hydrogens is 883 g/mol. The van der Waals surface area contributed by atoms with E-state index >= 15 is 0 Å². The summed E-state index contributed by atoms with van der Waals surface area (Å²) in [6.45, 7) is 9.01. The van der Waals surface area contributed by atoms with Crippen LogP contribution in [0.1, 0.15) is 129 Å². The van der Waals surface area contributed by atoms with E-state index < -0.39 is 11.9 Å². The number of nitrogens with zero attached hydrogens (tertiary/aromatic N) is 1. The number of rotatable bonds is 32. The first-order chi connectivity index (χ1) is 34.3. The van der Waals surface area contributed by atoms with E-state index in [0.29, 0.717) is 32.0 Å². The number of nitriles is 1. The lowest BCUT2D eigenvalue weighted by atomic mass is 10.0. The van der Waals surface area contributed by atoms with Gasteiger partial charge in [-0.1, -0.05) is 139 Å². The van der Waals surface area contributed by atoms with E-state index in [1.54, 1.807) is 24.3 Å². The van der Waals surface area contributed by atoms with Crippen LogP contribution in [0.3, 0.4) is 0 Å². The third kappa shape index (κ3) is 19.3. The number of unbranched alkanes of at least 4 members (excludes halogenated alkanes) is 14. The average Bonchev–Trinajstić information content (AvgIpc) is 3.39. The van der Waals surface area contributed by atoms with Crippen molar-refractivity contribution in [3.8, 4) is 51.3 Å². The smallest absolute Gasteiger partial charge is 0.343 e. The maximum atomic E-state index is 13.3. The molecule has 70 heavy (non-hydrogen) atoms. The van der Waals surface area contributed by atoms with Gasteiger partial charge in [-0.2, -0.15) is 5.26 Å². The second-order valence-electron chi connectivity index (χ2n) is 16.9. The van der Waals surface area contributed by atoms with Gasteiger partial charge in [-0.15, -0.1) is 0 Å². The fourth-order valence-electron chi connectivity index (χ4n) is 7.52. The van der Waals surface area contributed by atoms with E-state index in [1.807, 2.05) is 78.9 Å². The summed E-state index contributed by atoms with van der Waals surface area (Å²) in [6.07, 6.45) is 19.8. The maximum Gasteiger partial charge on any atom is 0.343 e. The van der Waals surface area contributed by atoms with E-state index in [-0.39, 0.29) is 34.6 Å². The molecule has 0 saturated heterocycles. The Morgan fingerprint density at radius 2 is 0.743 bits per heavy atom. The highest BCUT2D eigenvalue weighted by molar-refractivity contribution is 5.94. The molecule has 0 saturated carbocycles. The SMILES string of the molecule is C=CC(=O)OCCCCCCCCCCOc1ccc(-c2ccc(C(=O)Oc3ccc(C#N)cc3OC(=O)c3ccc(-c4ccc(OCCCCCCCCCCOC(=O)C=C)cc4)cc3)cc2)cc1. The molecule has 0 N–H and O–H groups in total. The average molecular weight is 948 g/mol. The topological polar surface area (TPSA) is 147 Å². The molecule has 11 nitrogen and oxygen atoms in total. The molecule has 0 unspecified atom stereocenters. The summed E-state index contributed by atoms with van der Waals surface area (Å²) in [5.74, 6) is -0.505. The lowest BCUT2D eigenvalue weighted by Gasteiger charge is -2.12. The van der Waals surface area contributed by atoms with Crippen LogP contribution >= 0.6 is 0 Å². The Morgan fingerprint density at radius 3 is 1.10 bits per heavy atom. The Morgan fingerprint density at radius 1 is 0.414 bits per heavy atom. The molecule has 0 bridgehead atoms. The van der Waals surface area contributed by atoms with Crippen LogP contribution in [0.25, 0.3) is 22.3 Å². The number of ether oxygens (including phenoxy) is 6. The lowest BCUT2D eigenvalue weighted by molar-refractivity contribution is -0.138. The number of hydrogen-bond acceptors (Lipinski definition) is 11. The van der Waals surface area contributed by atoms with Crippen molar-refractivity contribution >= 4 is 23.9 Å². The number of esters is 4. The molecule has 5 aromatic rings. The summed E-state index contributed by atoms with van der Waals surface area (Å²) in [6, 6.07) is 36.0. The molecule has 366 valence electrons. The quantitative estimate of drug-likeness (QED) is 0.0176. The number of carbonyl (C=O) groups excluding carboxylic acids is 4. The maximum absolute atomic E-state index is 13.3. The van der Waals surface area contributed by atoms with Crippen LogP contribution in [-0.2, 0) is 19.1 Å². The summed E-state index contributed by atoms with van der Waals surface area (Å²) in [7, 11) is 0. The Balaban J connectivity index is 1.01. The molecule has 11 heteroatoms. The van der Waals surface area contributed by atoms with Crippen LogP contribution in [0.5, 0.6) is 23.0 Å². The highest BCUT2D eigenvalue weighted by Gasteiger charge is 2.18. The van der Waals surface area contributed by atoms with Crippen LogP contribution in [-0.4, -0.2) is 50.3 Å². The second-order valence-corrected chi connectivity index (χ2v) is 16.9. The van der Waals surface area contributed by atoms with Crippen molar-refractivity contribution in [2.24, 2.45) is 0 Å². The van der Waals surface area contributed by atoms with E-state index in [2.05, 4.69) is 13.2 Å². The van der Waals surface area contributed by atoms with E-state index in [0.717, 1.165) is 111 Å². The summed E-state index contributed by atoms with van der Waals surface area (Å²) in [5.41, 5.74) is 4.54. The predicted molar refractivity (Wildman–Crippen MR) is 272 cm³/mol. The van der Waals surface area contributed by atoms with Crippen molar-refractivity contribution < 1.29 is 47.6 Å². The minimum atomic E-state index is -0.672. The van der Waals surface area contributed by atoms with Crippen molar-refractivity contribution in [3.63, 3.8) is 0 Å². The predicted octanol–water partition coefficient (Wildman–Crippen LogP) is 13.8. The van der Waals surface area contributed by atoms with Crippen molar-refractivity contribution in [2.75, 3.05) is 26.4 Å². The van der Waals surface area contributed by atoms with Gasteiger partial charge >= 0.3 is 23.9 Å². The first-order valence-electron chi connectivity index (χ1n) is 24.5. The van der Waals surface area contributed by atoms with Gasteiger partial charge in [0.15, 0.2) is 11.5 Å². The van der Waals surface area contributed by atoms with Crippen LogP contribution in [0.2, 0.25) is 0 Å². The highest BCUT2D eigenvalue weighted by atomic mass is 16.6. The zero-order valence-electron chi connectivity index (χ0n) is 40.2. The summed E-state index contributed by atoms with van der Waals surface area (Å²) in [5, 5.41) is 9.57. The van der Waals surface area contributed by atoms with Crippen LogP contribution < -0.4 is 18.9 Å². The second kappa shape index (κ2) is 30.8.